The predicted octanol–water partition coefficient (Wildman–Crippen LogP) is 8.33. The summed E-state index contributed by atoms with van der Waals surface area (Å²) in [5.74, 6) is 0. The maximum absolute atomic E-state index is 11.9. The first-order valence-electron chi connectivity index (χ1n) is 11.6. The van der Waals surface area contributed by atoms with E-state index in [0.717, 1.165) is 29.7 Å². The number of para-hydroxylation sites is 1. The molecule has 0 unspecified atom stereocenters. The standard InChI is InChI=1S/C25H43NO2/c1-4-5-6-7-8-9-10-11-12-13-14-15-16-17-21-28-25(27)26-24-22(2)19-18-20-23(24)3/h18-20H,4-17,21H2,1-3H3,(H,26,27). The monoisotopic (exact) mass is 389 g/mol. The van der Waals surface area contributed by atoms with Crippen LogP contribution in [0.3, 0.4) is 0 Å². The molecule has 1 aromatic rings. The Bertz CT molecular complexity index is 507. The Kier molecular flexibility index (Phi) is 14.4. The number of carbonyl (C=O) groups excluding carboxylic acids is 1. The van der Waals surface area contributed by atoms with Gasteiger partial charge >= 0.3 is 6.09 Å². The fraction of sp³-hybridized carbons (Fsp3) is 0.720. The van der Waals surface area contributed by atoms with E-state index in [1.165, 1.54) is 77.0 Å². The second-order valence-electron chi connectivity index (χ2n) is 8.12. The van der Waals surface area contributed by atoms with Gasteiger partial charge in [0, 0.05) is 5.69 Å². The first-order chi connectivity index (χ1) is 13.6. The molecule has 0 heterocycles. The molecule has 0 spiro atoms. The summed E-state index contributed by atoms with van der Waals surface area (Å²) in [4.78, 5) is 11.9. The van der Waals surface area contributed by atoms with Gasteiger partial charge < -0.3 is 4.74 Å². The minimum Gasteiger partial charge on any atom is -0.449 e. The first kappa shape index (κ1) is 24.5. The maximum atomic E-state index is 11.9. The molecule has 0 aliphatic rings. The quantitative estimate of drug-likeness (QED) is 0.288. The van der Waals surface area contributed by atoms with Crippen molar-refractivity contribution in [2.75, 3.05) is 11.9 Å². The van der Waals surface area contributed by atoms with Gasteiger partial charge in [0.15, 0.2) is 0 Å². The SMILES string of the molecule is CCCCCCCCCCCCCCCCOC(=O)Nc1c(C)cccc1C. The van der Waals surface area contributed by atoms with Crippen molar-refractivity contribution in [2.24, 2.45) is 0 Å². The van der Waals surface area contributed by atoms with Gasteiger partial charge in [-0.2, -0.15) is 0 Å². The summed E-state index contributed by atoms with van der Waals surface area (Å²) in [6, 6.07) is 5.99. The number of anilines is 1. The smallest absolute Gasteiger partial charge is 0.411 e. The van der Waals surface area contributed by atoms with Crippen LogP contribution in [0.5, 0.6) is 0 Å². The van der Waals surface area contributed by atoms with Crippen LogP contribution < -0.4 is 5.32 Å². The Morgan fingerprint density at radius 1 is 0.750 bits per heavy atom. The van der Waals surface area contributed by atoms with E-state index in [4.69, 9.17) is 4.74 Å². The second-order valence-corrected chi connectivity index (χ2v) is 8.12. The molecule has 1 amide bonds. The molecular formula is C25H43NO2. The highest BCUT2D eigenvalue weighted by Crippen LogP contribution is 2.19. The van der Waals surface area contributed by atoms with Gasteiger partial charge in [0.25, 0.3) is 0 Å². The fourth-order valence-electron chi connectivity index (χ4n) is 3.61. The highest BCUT2D eigenvalue weighted by molar-refractivity contribution is 5.86. The van der Waals surface area contributed by atoms with Crippen molar-refractivity contribution in [2.45, 2.75) is 111 Å². The van der Waals surface area contributed by atoms with Crippen molar-refractivity contribution in [3.63, 3.8) is 0 Å². The van der Waals surface area contributed by atoms with Crippen molar-refractivity contribution in [1.82, 2.24) is 0 Å². The van der Waals surface area contributed by atoms with E-state index < -0.39 is 0 Å². The van der Waals surface area contributed by atoms with Crippen molar-refractivity contribution in [3.8, 4) is 0 Å². The lowest BCUT2D eigenvalue weighted by atomic mass is 10.0. The molecular weight excluding hydrogens is 346 g/mol. The lowest BCUT2D eigenvalue weighted by molar-refractivity contribution is 0.159. The average molecular weight is 390 g/mol. The summed E-state index contributed by atoms with van der Waals surface area (Å²) in [7, 11) is 0. The predicted molar refractivity (Wildman–Crippen MR) is 121 cm³/mol. The lowest BCUT2D eigenvalue weighted by Gasteiger charge is -2.11. The number of rotatable bonds is 16. The molecule has 1 rings (SSSR count). The molecule has 0 atom stereocenters. The highest BCUT2D eigenvalue weighted by Gasteiger charge is 2.07. The molecule has 0 aromatic heterocycles. The zero-order valence-corrected chi connectivity index (χ0v) is 18.7. The van der Waals surface area contributed by atoms with E-state index in [2.05, 4.69) is 12.2 Å². The Morgan fingerprint density at radius 3 is 1.64 bits per heavy atom. The third-order valence-corrected chi connectivity index (χ3v) is 5.44. The van der Waals surface area contributed by atoms with Crippen LogP contribution in [0.2, 0.25) is 0 Å². The van der Waals surface area contributed by atoms with Crippen molar-refractivity contribution in [3.05, 3.63) is 29.3 Å². The van der Waals surface area contributed by atoms with E-state index in [9.17, 15) is 4.79 Å². The van der Waals surface area contributed by atoms with Gasteiger partial charge in [0.2, 0.25) is 0 Å². The normalized spacial score (nSPS) is 10.8. The molecule has 28 heavy (non-hydrogen) atoms. The number of nitrogens with one attached hydrogen (secondary N) is 1. The zero-order chi connectivity index (χ0) is 20.5. The Morgan fingerprint density at radius 2 is 1.18 bits per heavy atom. The van der Waals surface area contributed by atoms with E-state index in [1.54, 1.807) is 0 Å². The molecule has 0 fully saturated rings. The van der Waals surface area contributed by atoms with Gasteiger partial charge in [0.05, 0.1) is 6.61 Å². The molecule has 0 bridgehead atoms. The number of aryl methyl sites for hydroxylation is 2. The zero-order valence-electron chi connectivity index (χ0n) is 18.7. The number of unbranched alkanes of at least 4 members (excludes halogenated alkanes) is 13. The first-order valence-corrected chi connectivity index (χ1v) is 11.6. The van der Waals surface area contributed by atoms with E-state index in [0.29, 0.717) is 6.61 Å². The number of hydrogen-bond donors (Lipinski definition) is 1. The lowest BCUT2D eigenvalue weighted by Crippen LogP contribution is -2.15. The Labute approximate surface area is 173 Å². The van der Waals surface area contributed by atoms with Gasteiger partial charge in [-0.3, -0.25) is 5.32 Å². The van der Waals surface area contributed by atoms with E-state index in [-0.39, 0.29) is 6.09 Å². The van der Waals surface area contributed by atoms with Crippen LogP contribution in [0.15, 0.2) is 18.2 Å². The molecule has 160 valence electrons. The summed E-state index contributed by atoms with van der Waals surface area (Å²) >= 11 is 0. The van der Waals surface area contributed by atoms with Crippen LogP contribution in [-0.2, 0) is 4.74 Å². The topological polar surface area (TPSA) is 38.3 Å². The summed E-state index contributed by atoms with van der Waals surface area (Å²) in [5, 5.41) is 2.87. The van der Waals surface area contributed by atoms with Gasteiger partial charge in [-0.1, -0.05) is 109 Å². The maximum Gasteiger partial charge on any atom is 0.411 e. The largest absolute Gasteiger partial charge is 0.449 e. The number of hydrogen-bond acceptors (Lipinski definition) is 2. The van der Waals surface area contributed by atoms with E-state index in [1.807, 2.05) is 32.0 Å². The number of amides is 1. The highest BCUT2D eigenvalue weighted by atomic mass is 16.5. The second kappa shape index (κ2) is 16.4. The minimum atomic E-state index is -0.341. The fourth-order valence-corrected chi connectivity index (χ4v) is 3.61. The van der Waals surface area contributed by atoms with Crippen LogP contribution in [0.1, 0.15) is 108 Å². The molecule has 1 aromatic carbocycles. The number of carbonyl (C=O) groups is 1. The molecule has 0 aliphatic carbocycles. The van der Waals surface area contributed by atoms with Crippen LogP contribution in [0.25, 0.3) is 0 Å². The molecule has 3 heteroatoms. The van der Waals surface area contributed by atoms with Crippen LogP contribution in [-0.4, -0.2) is 12.7 Å². The van der Waals surface area contributed by atoms with Gasteiger partial charge in [-0.15, -0.1) is 0 Å². The summed E-state index contributed by atoms with van der Waals surface area (Å²) in [6.07, 6.45) is 18.3. The van der Waals surface area contributed by atoms with Crippen molar-refractivity contribution >= 4 is 11.8 Å². The number of ether oxygens (including phenoxy) is 1. The molecule has 0 saturated heterocycles. The minimum absolute atomic E-state index is 0.341. The van der Waals surface area contributed by atoms with Crippen molar-refractivity contribution < 1.29 is 9.53 Å². The Balaban J connectivity index is 1.88. The third-order valence-electron chi connectivity index (χ3n) is 5.44. The van der Waals surface area contributed by atoms with Gasteiger partial charge in [0.1, 0.15) is 0 Å². The molecule has 1 N–H and O–H groups in total. The summed E-state index contributed by atoms with van der Waals surface area (Å²) < 4.78 is 5.31. The van der Waals surface area contributed by atoms with Crippen LogP contribution in [0.4, 0.5) is 10.5 Å². The van der Waals surface area contributed by atoms with Crippen LogP contribution >= 0.6 is 0 Å². The van der Waals surface area contributed by atoms with Gasteiger partial charge in [-0.25, -0.2) is 4.79 Å². The number of benzene rings is 1. The van der Waals surface area contributed by atoms with Crippen molar-refractivity contribution in [1.29, 1.82) is 0 Å². The summed E-state index contributed by atoms with van der Waals surface area (Å²) in [6.45, 7) is 6.78. The molecule has 0 aliphatic heterocycles. The molecule has 0 radical (unpaired) electrons. The van der Waals surface area contributed by atoms with E-state index >= 15 is 0 Å². The van der Waals surface area contributed by atoms with Gasteiger partial charge in [-0.05, 0) is 31.4 Å². The summed E-state index contributed by atoms with van der Waals surface area (Å²) in [5.41, 5.74) is 3.00. The van der Waals surface area contributed by atoms with Crippen LogP contribution in [0, 0.1) is 13.8 Å². The molecule has 0 saturated carbocycles. The average Bonchev–Trinajstić information content (AvgIpc) is 2.68. The Hall–Kier alpha value is -1.51. The molecule has 3 nitrogen and oxygen atoms in total. The third kappa shape index (κ3) is 12.0.